The fourth-order valence-electron chi connectivity index (χ4n) is 3.03. The van der Waals surface area contributed by atoms with Crippen LogP contribution in [0.15, 0.2) is 18.2 Å². The van der Waals surface area contributed by atoms with E-state index >= 15 is 0 Å². The lowest BCUT2D eigenvalue weighted by Crippen LogP contribution is -2.25. The lowest BCUT2D eigenvalue weighted by molar-refractivity contribution is 0.0651. The van der Waals surface area contributed by atoms with Gasteiger partial charge in [0.15, 0.2) is 11.5 Å². The topological polar surface area (TPSA) is 38.7 Å². The normalized spacial score (nSPS) is 26.9. The summed E-state index contributed by atoms with van der Waals surface area (Å²) in [5.74, 6) is 3.32. The van der Waals surface area contributed by atoms with Crippen molar-refractivity contribution in [2.75, 3.05) is 18.6 Å². The molecule has 1 aromatic carbocycles. The van der Waals surface area contributed by atoms with E-state index in [9.17, 15) is 5.11 Å². The van der Waals surface area contributed by atoms with Gasteiger partial charge < -0.3 is 14.6 Å². The molecule has 2 aliphatic rings. The second-order valence-electron chi connectivity index (χ2n) is 5.72. The van der Waals surface area contributed by atoms with Gasteiger partial charge in [0.25, 0.3) is 0 Å². The number of ether oxygens (including phenoxy) is 2. The van der Waals surface area contributed by atoms with Gasteiger partial charge in [-0.05, 0) is 55.6 Å². The molecule has 0 amide bonds. The summed E-state index contributed by atoms with van der Waals surface area (Å²) < 4.78 is 11.5. The van der Waals surface area contributed by atoms with Crippen LogP contribution in [0.1, 0.15) is 37.7 Å². The van der Waals surface area contributed by atoms with Crippen molar-refractivity contribution in [3.05, 3.63) is 23.8 Å². The second kappa shape index (κ2) is 5.86. The van der Waals surface area contributed by atoms with Crippen LogP contribution in [0, 0.1) is 0 Å². The molecule has 1 N–H and O–H groups in total. The third-order valence-electron chi connectivity index (χ3n) is 4.30. The molecule has 0 radical (unpaired) electrons. The molecule has 110 valence electrons. The van der Waals surface area contributed by atoms with Crippen molar-refractivity contribution >= 4 is 11.8 Å². The van der Waals surface area contributed by atoms with Crippen molar-refractivity contribution in [1.29, 1.82) is 0 Å². The van der Waals surface area contributed by atoms with E-state index < -0.39 is 5.60 Å². The fourth-order valence-corrected chi connectivity index (χ4v) is 4.30. The zero-order chi connectivity index (χ0) is 14.0. The van der Waals surface area contributed by atoms with E-state index in [1.165, 1.54) is 12.8 Å². The second-order valence-corrected chi connectivity index (χ2v) is 6.83. The molecule has 1 aliphatic heterocycles. The van der Waals surface area contributed by atoms with Crippen LogP contribution in [0.25, 0.3) is 0 Å². The zero-order valence-corrected chi connectivity index (χ0v) is 12.7. The lowest BCUT2D eigenvalue weighted by atomic mass is 9.93. The largest absolute Gasteiger partial charge is 0.493 e. The molecular weight excluding hydrogens is 272 g/mol. The van der Waals surface area contributed by atoms with E-state index in [0.717, 1.165) is 47.8 Å². The molecule has 0 spiro atoms. The molecule has 1 unspecified atom stereocenters. The van der Waals surface area contributed by atoms with Gasteiger partial charge in [-0.1, -0.05) is 6.07 Å². The molecule has 3 nitrogen and oxygen atoms in total. The van der Waals surface area contributed by atoms with Crippen LogP contribution >= 0.6 is 11.8 Å². The zero-order valence-electron chi connectivity index (χ0n) is 11.9. The Bertz CT molecular complexity index is 463. The van der Waals surface area contributed by atoms with E-state index in [1.54, 1.807) is 18.9 Å². The van der Waals surface area contributed by atoms with Gasteiger partial charge in [0.1, 0.15) is 0 Å². The summed E-state index contributed by atoms with van der Waals surface area (Å²) in [6.45, 7) is 0. The fraction of sp³-hybridized carbons (Fsp3) is 0.625. The van der Waals surface area contributed by atoms with Gasteiger partial charge in [0.2, 0.25) is 0 Å². The quantitative estimate of drug-likeness (QED) is 0.924. The first kappa shape index (κ1) is 14.1. The molecule has 0 bridgehead atoms. The standard InChI is InChI=1S/C16H22O3S/c1-18-14-7-6-12(16(17)8-9-20-11-16)10-15(14)19-13-4-2-3-5-13/h6-7,10,13,17H,2-5,8-9,11H2,1H3. The van der Waals surface area contributed by atoms with Gasteiger partial charge in [-0.3, -0.25) is 0 Å². The maximum Gasteiger partial charge on any atom is 0.161 e. The van der Waals surface area contributed by atoms with Crippen LogP contribution in [-0.4, -0.2) is 29.8 Å². The summed E-state index contributed by atoms with van der Waals surface area (Å²) in [6, 6.07) is 5.86. The predicted molar refractivity (Wildman–Crippen MR) is 81.7 cm³/mol. The number of rotatable bonds is 4. The Morgan fingerprint density at radius 1 is 1.25 bits per heavy atom. The minimum atomic E-state index is -0.704. The average molecular weight is 294 g/mol. The van der Waals surface area contributed by atoms with E-state index in [0.29, 0.717) is 6.10 Å². The summed E-state index contributed by atoms with van der Waals surface area (Å²) in [5, 5.41) is 10.7. The number of benzene rings is 1. The van der Waals surface area contributed by atoms with Gasteiger partial charge in [-0.2, -0.15) is 11.8 Å². The molecule has 1 saturated heterocycles. The number of hydrogen-bond donors (Lipinski definition) is 1. The Kier molecular flexibility index (Phi) is 4.13. The molecule has 0 aromatic heterocycles. The van der Waals surface area contributed by atoms with Gasteiger partial charge in [-0.15, -0.1) is 0 Å². The number of methoxy groups -OCH3 is 1. The monoisotopic (exact) mass is 294 g/mol. The highest BCUT2D eigenvalue weighted by molar-refractivity contribution is 7.99. The molecule has 1 aliphatic carbocycles. The molecule has 3 rings (SSSR count). The highest BCUT2D eigenvalue weighted by Gasteiger charge is 2.34. The molecule has 1 heterocycles. The SMILES string of the molecule is COc1ccc(C2(O)CCSC2)cc1OC1CCCC1. The van der Waals surface area contributed by atoms with Crippen LogP contribution in [-0.2, 0) is 5.60 Å². The van der Waals surface area contributed by atoms with Crippen LogP contribution < -0.4 is 9.47 Å². The van der Waals surface area contributed by atoms with E-state index in [-0.39, 0.29) is 0 Å². The van der Waals surface area contributed by atoms with Crippen LogP contribution in [0.2, 0.25) is 0 Å². The first-order chi connectivity index (χ1) is 9.71. The first-order valence-electron chi connectivity index (χ1n) is 7.36. The predicted octanol–water partition coefficient (Wildman–Crippen LogP) is 3.34. The maximum absolute atomic E-state index is 10.7. The number of hydrogen-bond acceptors (Lipinski definition) is 4. The molecule has 20 heavy (non-hydrogen) atoms. The van der Waals surface area contributed by atoms with Crippen molar-refractivity contribution < 1.29 is 14.6 Å². The highest BCUT2D eigenvalue weighted by Crippen LogP contribution is 2.40. The third-order valence-corrected chi connectivity index (χ3v) is 5.47. The molecule has 1 saturated carbocycles. The Balaban J connectivity index is 1.85. The van der Waals surface area contributed by atoms with Crippen molar-refractivity contribution in [1.82, 2.24) is 0 Å². The van der Waals surface area contributed by atoms with Crippen molar-refractivity contribution in [2.45, 2.75) is 43.8 Å². The Morgan fingerprint density at radius 2 is 2.05 bits per heavy atom. The Morgan fingerprint density at radius 3 is 2.70 bits per heavy atom. The van der Waals surface area contributed by atoms with Gasteiger partial charge >= 0.3 is 0 Å². The Hall–Kier alpha value is -0.870. The lowest BCUT2D eigenvalue weighted by Gasteiger charge is -2.24. The van der Waals surface area contributed by atoms with Crippen LogP contribution in [0.4, 0.5) is 0 Å². The minimum Gasteiger partial charge on any atom is -0.493 e. The first-order valence-corrected chi connectivity index (χ1v) is 8.52. The van der Waals surface area contributed by atoms with Gasteiger partial charge in [0.05, 0.1) is 18.8 Å². The Labute approximate surface area is 124 Å². The maximum atomic E-state index is 10.7. The smallest absolute Gasteiger partial charge is 0.161 e. The number of thioether (sulfide) groups is 1. The number of aliphatic hydroxyl groups is 1. The summed E-state index contributed by atoms with van der Waals surface area (Å²) in [4.78, 5) is 0. The van der Waals surface area contributed by atoms with Crippen molar-refractivity contribution in [3.63, 3.8) is 0 Å². The van der Waals surface area contributed by atoms with E-state index in [2.05, 4.69) is 0 Å². The summed E-state index contributed by atoms with van der Waals surface area (Å²) in [7, 11) is 1.66. The van der Waals surface area contributed by atoms with Crippen LogP contribution in [0.5, 0.6) is 11.5 Å². The molecule has 1 aromatic rings. The summed E-state index contributed by atoms with van der Waals surface area (Å²) in [5.41, 5.74) is 0.251. The van der Waals surface area contributed by atoms with E-state index in [4.69, 9.17) is 9.47 Å². The molecular formula is C16H22O3S. The minimum absolute atomic E-state index is 0.298. The average Bonchev–Trinajstić information content (AvgIpc) is 3.11. The van der Waals surface area contributed by atoms with Gasteiger partial charge in [0, 0.05) is 5.75 Å². The molecule has 1 atom stereocenters. The molecule has 4 heteroatoms. The van der Waals surface area contributed by atoms with Crippen molar-refractivity contribution in [3.8, 4) is 11.5 Å². The van der Waals surface area contributed by atoms with E-state index in [1.807, 2.05) is 18.2 Å². The summed E-state index contributed by atoms with van der Waals surface area (Å²) >= 11 is 1.80. The highest BCUT2D eigenvalue weighted by atomic mass is 32.2. The van der Waals surface area contributed by atoms with Gasteiger partial charge in [-0.25, -0.2) is 0 Å². The summed E-state index contributed by atoms with van der Waals surface area (Å²) in [6.07, 6.45) is 5.83. The van der Waals surface area contributed by atoms with Crippen LogP contribution in [0.3, 0.4) is 0 Å². The molecule has 2 fully saturated rings. The third kappa shape index (κ3) is 2.77. The van der Waals surface area contributed by atoms with Crippen molar-refractivity contribution in [2.24, 2.45) is 0 Å².